The van der Waals surface area contributed by atoms with Gasteiger partial charge in [0.1, 0.15) is 11.9 Å². The summed E-state index contributed by atoms with van der Waals surface area (Å²) in [6.07, 6.45) is 1.66. The Morgan fingerprint density at radius 2 is 1.94 bits per heavy atom. The molecular weight excluding hydrogens is 422 g/mol. The maximum Gasteiger partial charge on any atom is 0.278 e. The molecule has 2 aromatic heterocycles. The summed E-state index contributed by atoms with van der Waals surface area (Å²) in [5.41, 5.74) is 3.04. The molecule has 1 saturated heterocycles. The molecule has 1 aliphatic rings. The third-order valence-electron chi connectivity index (χ3n) is 5.77. The van der Waals surface area contributed by atoms with Gasteiger partial charge in [-0.3, -0.25) is 9.59 Å². The van der Waals surface area contributed by atoms with Crippen molar-refractivity contribution in [1.82, 2.24) is 20.3 Å². The summed E-state index contributed by atoms with van der Waals surface area (Å²) in [4.78, 5) is 40.3. The van der Waals surface area contributed by atoms with E-state index >= 15 is 0 Å². The van der Waals surface area contributed by atoms with Gasteiger partial charge in [0.05, 0.1) is 0 Å². The van der Waals surface area contributed by atoms with Crippen molar-refractivity contribution < 1.29 is 4.79 Å². The Morgan fingerprint density at radius 1 is 1.16 bits per heavy atom. The van der Waals surface area contributed by atoms with E-state index in [0.29, 0.717) is 27.8 Å². The van der Waals surface area contributed by atoms with Crippen molar-refractivity contribution in [1.29, 1.82) is 0 Å². The predicted molar refractivity (Wildman–Crippen MR) is 127 cm³/mol. The van der Waals surface area contributed by atoms with Crippen LogP contribution >= 0.6 is 11.3 Å². The number of aryl methyl sites for hydroxylation is 1. The fourth-order valence-corrected chi connectivity index (χ4v) is 5.10. The standard InChI is InChI=1S/C24H23N5O2S/c1-15-8-5-6-11-17(15)20-27-22(31)19-23(28-20)32-24(26-19)29-13-7-12-18(29)21(30)25-14-16-9-3-2-4-10-16/h2-6,8-11,18H,7,12-14H2,1H3,(H,25,30)(H,27,28,31). The van der Waals surface area contributed by atoms with E-state index in [4.69, 9.17) is 0 Å². The summed E-state index contributed by atoms with van der Waals surface area (Å²) in [6, 6.07) is 17.4. The first-order valence-corrected chi connectivity index (χ1v) is 11.5. The van der Waals surface area contributed by atoms with Crippen LogP contribution in [0, 0.1) is 6.92 Å². The summed E-state index contributed by atoms with van der Waals surface area (Å²) in [5.74, 6) is 0.516. The van der Waals surface area contributed by atoms with E-state index in [9.17, 15) is 9.59 Å². The van der Waals surface area contributed by atoms with Gasteiger partial charge in [-0.1, -0.05) is 65.9 Å². The Kier molecular flexibility index (Phi) is 5.45. The molecule has 32 heavy (non-hydrogen) atoms. The second kappa shape index (κ2) is 8.55. The molecule has 0 spiro atoms. The molecule has 2 aromatic carbocycles. The molecule has 1 amide bonds. The number of hydrogen-bond donors (Lipinski definition) is 2. The Labute approximate surface area is 189 Å². The zero-order chi connectivity index (χ0) is 22.1. The lowest BCUT2D eigenvalue weighted by Gasteiger charge is -2.23. The predicted octanol–water partition coefficient (Wildman–Crippen LogP) is 3.64. The van der Waals surface area contributed by atoms with Crippen LogP contribution in [0.1, 0.15) is 24.0 Å². The maximum absolute atomic E-state index is 12.9. The molecule has 0 radical (unpaired) electrons. The first-order valence-electron chi connectivity index (χ1n) is 10.7. The molecule has 1 fully saturated rings. The molecule has 162 valence electrons. The zero-order valence-corrected chi connectivity index (χ0v) is 18.5. The summed E-state index contributed by atoms with van der Waals surface area (Å²) in [6.45, 7) is 3.21. The van der Waals surface area contributed by atoms with Gasteiger partial charge in [0.25, 0.3) is 5.56 Å². The van der Waals surface area contributed by atoms with Crippen molar-refractivity contribution in [3.63, 3.8) is 0 Å². The third-order valence-corrected chi connectivity index (χ3v) is 6.76. The van der Waals surface area contributed by atoms with Gasteiger partial charge < -0.3 is 15.2 Å². The minimum Gasteiger partial charge on any atom is -0.350 e. The summed E-state index contributed by atoms with van der Waals surface area (Å²) in [5, 5.41) is 3.70. The van der Waals surface area contributed by atoms with Crippen LogP contribution in [0.5, 0.6) is 0 Å². The molecule has 0 bridgehead atoms. The highest BCUT2D eigenvalue weighted by Crippen LogP contribution is 2.32. The largest absolute Gasteiger partial charge is 0.350 e. The smallest absolute Gasteiger partial charge is 0.278 e. The second-order valence-corrected chi connectivity index (χ2v) is 8.89. The minimum absolute atomic E-state index is 0.0203. The molecule has 3 heterocycles. The lowest BCUT2D eigenvalue weighted by atomic mass is 10.1. The number of nitrogens with one attached hydrogen (secondary N) is 2. The zero-order valence-electron chi connectivity index (χ0n) is 17.7. The molecule has 4 aromatic rings. The fraction of sp³-hybridized carbons (Fsp3) is 0.250. The van der Waals surface area contributed by atoms with Crippen LogP contribution in [-0.4, -0.2) is 33.4 Å². The average molecular weight is 446 g/mol. The van der Waals surface area contributed by atoms with Crippen LogP contribution in [0.3, 0.4) is 0 Å². The first-order chi connectivity index (χ1) is 15.6. The molecule has 7 nitrogen and oxygen atoms in total. The van der Waals surface area contributed by atoms with Gasteiger partial charge >= 0.3 is 0 Å². The van der Waals surface area contributed by atoms with Crippen molar-refractivity contribution >= 4 is 32.7 Å². The number of amides is 1. The molecule has 0 saturated carbocycles. The number of carbonyl (C=O) groups excluding carboxylic acids is 1. The number of nitrogens with zero attached hydrogens (tertiary/aromatic N) is 3. The maximum atomic E-state index is 12.9. The summed E-state index contributed by atoms with van der Waals surface area (Å²) < 4.78 is 0. The number of aromatic nitrogens is 3. The quantitative estimate of drug-likeness (QED) is 0.489. The van der Waals surface area contributed by atoms with Gasteiger partial charge in [-0.05, 0) is 30.9 Å². The number of carbonyl (C=O) groups is 1. The van der Waals surface area contributed by atoms with Gasteiger partial charge in [-0.2, -0.15) is 0 Å². The van der Waals surface area contributed by atoms with E-state index in [2.05, 4.69) is 20.3 Å². The molecule has 8 heteroatoms. The van der Waals surface area contributed by atoms with Crippen molar-refractivity contribution in [2.45, 2.75) is 32.4 Å². The Morgan fingerprint density at radius 3 is 2.75 bits per heavy atom. The van der Waals surface area contributed by atoms with Crippen LogP contribution in [0.25, 0.3) is 21.7 Å². The highest BCUT2D eigenvalue weighted by molar-refractivity contribution is 7.21. The molecular formula is C24H23N5O2S. The van der Waals surface area contributed by atoms with Crippen LogP contribution in [0.4, 0.5) is 5.13 Å². The first kappa shape index (κ1) is 20.4. The van der Waals surface area contributed by atoms with E-state index in [-0.39, 0.29) is 17.5 Å². The van der Waals surface area contributed by atoms with Crippen LogP contribution < -0.4 is 15.8 Å². The summed E-state index contributed by atoms with van der Waals surface area (Å²) in [7, 11) is 0. The number of anilines is 1. The number of H-pyrrole nitrogens is 1. The number of benzene rings is 2. The molecule has 0 aliphatic carbocycles. The monoisotopic (exact) mass is 445 g/mol. The average Bonchev–Trinajstić information content (AvgIpc) is 3.46. The van der Waals surface area contributed by atoms with Crippen LogP contribution in [0.15, 0.2) is 59.4 Å². The second-order valence-electron chi connectivity index (χ2n) is 7.93. The van der Waals surface area contributed by atoms with Crippen molar-refractivity contribution in [2.75, 3.05) is 11.4 Å². The topological polar surface area (TPSA) is 91.0 Å². The van der Waals surface area contributed by atoms with Crippen LogP contribution in [-0.2, 0) is 11.3 Å². The number of fused-ring (bicyclic) bond motifs is 1. The van der Waals surface area contributed by atoms with Gasteiger partial charge in [-0.15, -0.1) is 0 Å². The number of aromatic amines is 1. The SMILES string of the molecule is Cc1ccccc1-c1nc2sc(N3CCCC3C(=O)NCc3ccccc3)nc2c(=O)[nH]1. The van der Waals surface area contributed by atoms with Crippen molar-refractivity contribution in [2.24, 2.45) is 0 Å². The highest BCUT2D eigenvalue weighted by atomic mass is 32.1. The van der Waals surface area contributed by atoms with Crippen molar-refractivity contribution in [3.8, 4) is 11.4 Å². The molecule has 1 unspecified atom stereocenters. The Bertz CT molecular complexity index is 1330. The number of rotatable bonds is 5. The van der Waals surface area contributed by atoms with Gasteiger partial charge in [0.15, 0.2) is 15.5 Å². The highest BCUT2D eigenvalue weighted by Gasteiger charge is 2.33. The van der Waals surface area contributed by atoms with E-state index in [1.807, 2.05) is 66.4 Å². The molecule has 5 rings (SSSR count). The number of hydrogen-bond acceptors (Lipinski definition) is 6. The van der Waals surface area contributed by atoms with Crippen molar-refractivity contribution in [3.05, 3.63) is 76.1 Å². The van der Waals surface area contributed by atoms with Crippen LogP contribution in [0.2, 0.25) is 0 Å². The molecule has 1 atom stereocenters. The van der Waals surface area contributed by atoms with E-state index < -0.39 is 0 Å². The van der Waals surface area contributed by atoms with E-state index in [0.717, 1.165) is 36.1 Å². The normalized spacial score (nSPS) is 15.9. The van der Waals surface area contributed by atoms with E-state index in [1.165, 1.54) is 11.3 Å². The van der Waals surface area contributed by atoms with E-state index in [1.54, 1.807) is 0 Å². The molecule has 2 N–H and O–H groups in total. The van der Waals surface area contributed by atoms with Gasteiger partial charge in [-0.25, -0.2) is 9.97 Å². The third kappa shape index (κ3) is 3.89. The minimum atomic E-state index is -0.297. The summed E-state index contributed by atoms with van der Waals surface area (Å²) >= 11 is 1.36. The lowest BCUT2D eigenvalue weighted by molar-refractivity contribution is -0.122. The van der Waals surface area contributed by atoms with Gasteiger partial charge in [0, 0.05) is 18.7 Å². The number of thiazole rings is 1. The Hall–Kier alpha value is -3.52. The van der Waals surface area contributed by atoms with Gasteiger partial charge in [0.2, 0.25) is 5.91 Å². The lowest BCUT2D eigenvalue weighted by Crippen LogP contribution is -2.43. The molecule has 1 aliphatic heterocycles. The fourth-order valence-electron chi connectivity index (χ4n) is 4.08. The Balaban J connectivity index is 1.41.